The van der Waals surface area contributed by atoms with Gasteiger partial charge in [0.15, 0.2) is 0 Å². The lowest BCUT2D eigenvalue weighted by Crippen LogP contribution is -2.41. The van der Waals surface area contributed by atoms with Gasteiger partial charge in [-0.1, -0.05) is 20.8 Å². The zero-order valence-electron chi connectivity index (χ0n) is 9.26. The third-order valence-electron chi connectivity index (χ3n) is 4.30. The van der Waals surface area contributed by atoms with Crippen LogP contribution in [0.1, 0.15) is 40.5 Å². The monoisotopic (exact) mass is 198 g/mol. The highest BCUT2D eigenvalue weighted by atomic mass is 16.4. The summed E-state index contributed by atoms with van der Waals surface area (Å²) in [6.45, 7) is 7.23. The van der Waals surface area contributed by atoms with Gasteiger partial charge in [0.05, 0.1) is 5.92 Å². The van der Waals surface area contributed by atoms with Crippen molar-refractivity contribution in [2.75, 3.05) is 0 Å². The molecule has 0 aromatic heterocycles. The van der Waals surface area contributed by atoms with Crippen LogP contribution in [-0.2, 0) is 9.59 Å². The molecule has 0 aromatic carbocycles. The van der Waals surface area contributed by atoms with E-state index in [2.05, 4.69) is 0 Å². The Morgan fingerprint density at radius 1 is 1.29 bits per heavy atom. The molecule has 2 atom stereocenters. The second kappa shape index (κ2) is 3.07. The van der Waals surface area contributed by atoms with Crippen molar-refractivity contribution in [1.82, 2.24) is 0 Å². The highest BCUT2D eigenvalue weighted by Crippen LogP contribution is 2.56. The third kappa shape index (κ3) is 1.26. The van der Waals surface area contributed by atoms with E-state index in [-0.39, 0.29) is 5.78 Å². The number of hydrogen-bond donors (Lipinski definition) is 1. The fraction of sp³-hybridized carbons (Fsp3) is 0.818. The first-order valence-electron chi connectivity index (χ1n) is 4.97. The molecular weight excluding hydrogens is 180 g/mol. The molecule has 0 aliphatic heterocycles. The van der Waals surface area contributed by atoms with Gasteiger partial charge in [-0.3, -0.25) is 9.59 Å². The lowest BCUT2D eigenvalue weighted by molar-refractivity contribution is -0.147. The lowest BCUT2D eigenvalue weighted by atomic mass is 9.64. The van der Waals surface area contributed by atoms with E-state index in [1.807, 2.05) is 20.8 Å². The minimum atomic E-state index is -0.778. The van der Waals surface area contributed by atoms with Crippen LogP contribution in [0.5, 0.6) is 0 Å². The van der Waals surface area contributed by atoms with Gasteiger partial charge < -0.3 is 5.11 Å². The van der Waals surface area contributed by atoms with Crippen molar-refractivity contribution in [3.63, 3.8) is 0 Å². The van der Waals surface area contributed by atoms with Crippen molar-refractivity contribution in [3.05, 3.63) is 0 Å². The van der Waals surface area contributed by atoms with Crippen LogP contribution < -0.4 is 0 Å². The molecule has 0 spiro atoms. The van der Waals surface area contributed by atoms with Crippen LogP contribution >= 0.6 is 0 Å². The first-order chi connectivity index (χ1) is 6.23. The van der Waals surface area contributed by atoms with Crippen molar-refractivity contribution in [2.45, 2.75) is 40.5 Å². The third-order valence-corrected chi connectivity index (χ3v) is 4.30. The Labute approximate surface area is 84.5 Å². The van der Waals surface area contributed by atoms with Gasteiger partial charge in [-0.15, -0.1) is 0 Å². The number of carboxylic acid groups (broad SMARTS) is 1. The van der Waals surface area contributed by atoms with Gasteiger partial charge in [-0.05, 0) is 25.2 Å². The van der Waals surface area contributed by atoms with Gasteiger partial charge in [0.25, 0.3) is 0 Å². The molecule has 1 rings (SSSR count). The SMILES string of the molecule is CC(=O)[C@]1(C)CC[C@@H](C(=O)O)C1(C)C. The second-order valence-electron chi connectivity index (χ2n) is 5.04. The van der Waals surface area contributed by atoms with Crippen LogP contribution in [0.4, 0.5) is 0 Å². The van der Waals surface area contributed by atoms with E-state index in [1.54, 1.807) is 6.92 Å². The predicted molar refractivity (Wildman–Crippen MR) is 52.9 cm³/mol. The Kier molecular flexibility index (Phi) is 2.46. The summed E-state index contributed by atoms with van der Waals surface area (Å²) in [6, 6.07) is 0. The summed E-state index contributed by atoms with van der Waals surface area (Å²) in [4.78, 5) is 22.6. The van der Waals surface area contributed by atoms with Crippen LogP contribution in [0.25, 0.3) is 0 Å². The molecule has 1 fully saturated rings. The summed E-state index contributed by atoms with van der Waals surface area (Å²) < 4.78 is 0. The molecule has 0 unspecified atom stereocenters. The first kappa shape index (κ1) is 11.2. The normalized spacial score (nSPS) is 35.6. The minimum Gasteiger partial charge on any atom is -0.481 e. The highest BCUT2D eigenvalue weighted by Gasteiger charge is 2.56. The number of aliphatic carboxylic acids is 1. The van der Waals surface area contributed by atoms with Gasteiger partial charge in [-0.25, -0.2) is 0 Å². The molecule has 3 heteroatoms. The molecule has 1 N–H and O–H groups in total. The Balaban J connectivity index is 3.08. The molecule has 0 radical (unpaired) electrons. The number of Topliss-reactive ketones (excluding diaryl/α,β-unsaturated/α-hetero) is 1. The summed E-state index contributed by atoms with van der Waals surface area (Å²) >= 11 is 0. The molecular formula is C11H18O3. The van der Waals surface area contributed by atoms with Gasteiger partial charge in [0, 0.05) is 5.41 Å². The summed E-state index contributed by atoms with van der Waals surface area (Å²) in [7, 11) is 0. The zero-order valence-corrected chi connectivity index (χ0v) is 9.26. The van der Waals surface area contributed by atoms with Gasteiger partial charge in [0.1, 0.15) is 5.78 Å². The van der Waals surface area contributed by atoms with E-state index in [1.165, 1.54) is 0 Å². The number of ketones is 1. The van der Waals surface area contributed by atoms with E-state index in [0.29, 0.717) is 12.8 Å². The Bertz CT molecular complexity index is 280. The number of carbonyl (C=O) groups is 2. The van der Waals surface area contributed by atoms with Crippen LogP contribution in [-0.4, -0.2) is 16.9 Å². The minimum absolute atomic E-state index is 0.103. The molecule has 1 aliphatic rings. The quantitative estimate of drug-likeness (QED) is 0.739. The maximum atomic E-state index is 11.6. The first-order valence-corrected chi connectivity index (χ1v) is 4.97. The van der Waals surface area contributed by atoms with Gasteiger partial charge in [-0.2, -0.15) is 0 Å². The van der Waals surface area contributed by atoms with Crippen molar-refractivity contribution in [3.8, 4) is 0 Å². The lowest BCUT2D eigenvalue weighted by Gasteiger charge is -2.38. The van der Waals surface area contributed by atoms with E-state index in [0.717, 1.165) is 0 Å². The topological polar surface area (TPSA) is 54.4 Å². The molecule has 80 valence electrons. The highest BCUT2D eigenvalue weighted by molar-refractivity contribution is 5.85. The molecule has 0 aromatic rings. The Hall–Kier alpha value is -0.860. The van der Waals surface area contributed by atoms with Crippen molar-refractivity contribution in [2.24, 2.45) is 16.7 Å². The zero-order chi connectivity index (χ0) is 11.1. The number of carbonyl (C=O) groups excluding carboxylic acids is 1. The Morgan fingerprint density at radius 3 is 2.00 bits per heavy atom. The fourth-order valence-electron chi connectivity index (χ4n) is 2.56. The fourth-order valence-corrected chi connectivity index (χ4v) is 2.56. The summed E-state index contributed by atoms with van der Waals surface area (Å²) in [5.41, 5.74) is -0.916. The maximum absolute atomic E-state index is 11.6. The van der Waals surface area contributed by atoms with Gasteiger partial charge >= 0.3 is 5.97 Å². The molecule has 1 saturated carbocycles. The standard InChI is InChI=1S/C11H18O3/c1-7(12)11(4)6-5-8(9(13)14)10(11,2)3/h8H,5-6H2,1-4H3,(H,13,14)/t8-,11-/m0/s1. The number of hydrogen-bond acceptors (Lipinski definition) is 2. The Morgan fingerprint density at radius 2 is 1.79 bits per heavy atom. The maximum Gasteiger partial charge on any atom is 0.307 e. The number of rotatable bonds is 2. The molecule has 14 heavy (non-hydrogen) atoms. The molecule has 0 heterocycles. The summed E-state index contributed by atoms with van der Waals surface area (Å²) in [5.74, 6) is -1.07. The van der Waals surface area contributed by atoms with Crippen LogP contribution in [0.15, 0.2) is 0 Å². The molecule has 1 aliphatic carbocycles. The van der Waals surface area contributed by atoms with Crippen LogP contribution in [0.2, 0.25) is 0 Å². The van der Waals surface area contributed by atoms with Crippen molar-refractivity contribution < 1.29 is 14.7 Å². The molecule has 0 bridgehead atoms. The van der Waals surface area contributed by atoms with Crippen molar-refractivity contribution in [1.29, 1.82) is 0 Å². The smallest absolute Gasteiger partial charge is 0.307 e. The number of carboxylic acids is 1. The van der Waals surface area contributed by atoms with E-state index < -0.39 is 22.7 Å². The van der Waals surface area contributed by atoms with Crippen molar-refractivity contribution >= 4 is 11.8 Å². The van der Waals surface area contributed by atoms with Gasteiger partial charge in [0.2, 0.25) is 0 Å². The second-order valence-corrected chi connectivity index (χ2v) is 5.04. The van der Waals surface area contributed by atoms with Crippen LogP contribution in [0, 0.1) is 16.7 Å². The molecule has 0 saturated heterocycles. The van der Waals surface area contributed by atoms with Crippen LogP contribution in [0.3, 0.4) is 0 Å². The van der Waals surface area contributed by atoms with E-state index in [4.69, 9.17) is 5.11 Å². The van der Waals surface area contributed by atoms with E-state index >= 15 is 0 Å². The summed E-state index contributed by atoms with van der Waals surface area (Å²) in [5, 5.41) is 9.05. The predicted octanol–water partition coefficient (Wildman–Crippen LogP) is 2.10. The molecule has 0 amide bonds. The largest absolute Gasteiger partial charge is 0.481 e. The molecule has 3 nitrogen and oxygen atoms in total. The summed E-state index contributed by atoms with van der Waals surface area (Å²) in [6.07, 6.45) is 1.30. The van der Waals surface area contributed by atoms with E-state index in [9.17, 15) is 9.59 Å². The average molecular weight is 198 g/mol. The average Bonchev–Trinajstić information content (AvgIpc) is 2.24.